The van der Waals surface area contributed by atoms with Crippen molar-refractivity contribution < 1.29 is 0 Å². The summed E-state index contributed by atoms with van der Waals surface area (Å²) < 4.78 is 0. The first-order chi connectivity index (χ1) is 25.6. The minimum atomic E-state index is -0.105. The van der Waals surface area contributed by atoms with E-state index in [1.165, 1.54) is 0 Å². The third-order valence-electron chi connectivity index (χ3n) is 6.42. The van der Waals surface area contributed by atoms with Gasteiger partial charge in [0.05, 0.1) is 37.3 Å². The molecule has 0 saturated heterocycles. The Kier molecular flexibility index (Phi) is 14.0. The average molecular weight is 730 g/mol. The second-order valence-corrected chi connectivity index (χ2v) is 15.3. The normalized spacial score (nSPS) is 12.8. The number of hydrogen-bond donors (Lipinski definition) is 6. The summed E-state index contributed by atoms with van der Waals surface area (Å²) in [5, 5.41) is 25.8. The quantitative estimate of drug-likeness (QED) is 0.0597. The van der Waals surface area contributed by atoms with Crippen molar-refractivity contribution in [3.8, 4) is 0 Å². The van der Waals surface area contributed by atoms with E-state index in [9.17, 15) is 0 Å². The van der Waals surface area contributed by atoms with Crippen LogP contribution in [0.3, 0.4) is 0 Å². The fourth-order valence-corrected chi connectivity index (χ4v) is 3.93. The van der Waals surface area contributed by atoms with Crippen molar-refractivity contribution in [2.75, 3.05) is 16.3 Å². The number of nitrogens with zero attached hydrogens (tertiary/aromatic N) is 9. The van der Waals surface area contributed by atoms with Crippen molar-refractivity contribution in [2.24, 2.45) is 30.6 Å². The third-order valence-corrected chi connectivity index (χ3v) is 6.42. The van der Waals surface area contributed by atoms with Gasteiger partial charge in [-0.25, -0.2) is 16.3 Å². The van der Waals surface area contributed by atoms with E-state index in [0.29, 0.717) is 0 Å². The predicted octanol–water partition coefficient (Wildman–Crippen LogP) is 6.38. The Morgan fingerprint density at radius 1 is 0.333 bits per heavy atom. The number of rotatable bonds is 15. The smallest absolute Gasteiger partial charge is 0.250 e. The summed E-state index contributed by atoms with van der Waals surface area (Å²) in [4.78, 5) is 13.2. The summed E-state index contributed by atoms with van der Waals surface area (Å²) in [5.41, 5.74) is 23.0. The molecule has 0 fully saturated rings. The van der Waals surface area contributed by atoms with Crippen LogP contribution in [0.1, 0.15) is 95.7 Å². The lowest BCUT2D eigenvalue weighted by atomic mass is 10.1. The first-order valence-electron chi connectivity index (χ1n) is 17.4. The summed E-state index contributed by atoms with van der Waals surface area (Å²) >= 11 is 0. The van der Waals surface area contributed by atoms with E-state index in [1.807, 2.05) is 72.8 Å². The monoisotopic (exact) mass is 729 g/mol. The van der Waals surface area contributed by atoms with Crippen LogP contribution in [0.5, 0.6) is 0 Å². The van der Waals surface area contributed by atoms with Crippen LogP contribution in [0.4, 0.5) is 17.8 Å². The molecule has 15 nitrogen and oxygen atoms in total. The van der Waals surface area contributed by atoms with Crippen LogP contribution in [-0.2, 0) is 0 Å². The zero-order valence-electron chi connectivity index (χ0n) is 32.4. The number of hydrazone groups is 6. The molecule has 4 aromatic rings. The van der Waals surface area contributed by atoms with Gasteiger partial charge in [-0.2, -0.15) is 45.6 Å². The van der Waals surface area contributed by atoms with E-state index >= 15 is 0 Å². The number of nitrogens with one attached hydrogen (secondary N) is 6. The molecule has 0 aliphatic heterocycles. The van der Waals surface area contributed by atoms with Gasteiger partial charge in [0.1, 0.15) is 0 Å². The van der Waals surface area contributed by atoms with Gasteiger partial charge in [0.15, 0.2) is 0 Å². The van der Waals surface area contributed by atoms with Gasteiger partial charge < -0.3 is 16.3 Å². The van der Waals surface area contributed by atoms with Crippen LogP contribution in [-0.4, -0.2) is 68.9 Å². The largest absolute Gasteiger partial charge is 0.305 e. The molecule has 15 heteroatoms. The number of hydrogen-bond acceptors (Lipinski definition) is 15. The fourth-order valence-electron chi connectivity index (χ4n) is 3.93. The Morgan fingerprint density at radius 3 is 0.704 bits per heavy atom. The Balaban J connectivity index is 1.44. The van der Waals surface area contributed by atoms with E-state index in [4.69, 9.17) is 0 Å². The van der Waals surface area contributed by atoms with E-state index < -0.39 is 0 Å². The molecular weight excluding hydrogens is 679 g/mol. The molecule has 6 N–H and O–H groups in total. The van der Waals surface area contributed by atoms with E-state index in [-0.39, 0.29) is 34.5 Å². The summed E-state index contributed by atoms with van der Waals surface area (Å²) in [6.07, 6.45) is 10.3. The zero-order chi connectivity index (χ0) is 39.0. The molecule has 0 atom stereocenters. The molecule has 0 saturated carbocycles. The molecule has 0 unspecified atom stereocenters. The highest BCUT2D eigenvalue weighted by molar-refractivity contribution is 5.86. The number of anilines is 3. The zero-order valence-corrected chi connectivity index (χ0v) is 32.4. The highest BCUT2D eigenvalue weighted by Crippen LogP contribution is 2.11. The van der Waals surface area contributed by atoms with Gasteiger partial charge in [0.25, 0.3) is 0 Å². The Labute approximate surface area is 317 Å². The molecule has 0 bridgehead atoms. The van der Waals surface area contributed by atoms with Gasteiger partial charge in [0.2, 0.25) is 17.8 Å². The minimum absolute atomic E-state index is 0.105. The maximum Gasteiger partial charge on any atom is 0.250 e. The summed E-state index contributed by atoms with van der Waals surface area (Å²) in [5.74, 6) is 0.524. The molecule has 1 aromatic heterocycles. The van der Waals surface area contributed by atoms with Crippen LogP contribution in [0.2, 0.25) is 0 Å². The van der Waals surface area contributed by atoms with Gasteiger partial charge in [-0.3, -0.25) is 0 Å². The maximum absolute atomic E-state index is 4.42. The van der Waals surface area contributed by atoms with Gasteiger partial charge in [-0.05, 0) is 95.7 Å². The van der Waals surface area contributed by atoms with Crippen LogP contribution in [0, 0.1) is 0 Å². The van der Waals surface area contributed by atoms with E-state index in [2.05, 4.69) is 140 Å². The standard InChI is InChI=1S/C39H51N15/c1-37(2,3)52-43-25-31-16-10-28(11-17-31)22-40-49-34-46-35(50-41-23-29-12-18-32(19-13-29)26-44-53-38(4,5)6)48-36(47-34)51-42-24-30-14-20-33(21-15-30)27-45-54-39(7,8)9/h10-27,52-54H,1-9H3,(H3,46,47,48,49,50,51)/b40-22-,41-23-,42-24-,43-25+,44-26+,45-27+. The lowest BCUT2D eigenvalue weighted by molar-refractivity contribution is 0.442. The van der Waals surface area contributed by atoms with Crippen LogP contribution in [0.25, 0.3) is 0 Å². The second-order valence-electron chi connectivity index (χ2n) is 15.3. The molecule has 0 aliphatic rings. The summed E-state index contributed by atoms with van der Waals surface area (Å²) in [6.45, 7) is 18.5. The van der Waals surface area contributed by atoms with Crippen molar-refractivity contribution in [2.45, 2.75) is 78.9 Å². The van der Waals surface area contributed by atoms with Crippen molar-refractivity contribution >= 4 is 55.1 Å². The SMILES string of the molecule is CC(C)(C)N/N=C/c1ccc(/C=N\Nc2nc(N/N=C\c3ccc(/C=N/NC(C)(C)C)cc3)nc(N/N=C\c3ccc(/C=N/NC(C)(C)C)cc3)n2)cc1. The van der Waals surface area contributed by atoms with Crippen molar-refractivity contribution in [3.63, 3.8) is 0 Å². The van der Waals surface area contributed by atoms with Crippen molar-refractivity contribution in [3.05, 3.63) is 106 Å². The molecule has 0 aliphatic carbocycles. The molecule has 4 rings (SSSR count). The summed E-state index contributed by atoms with van der Waals surface area (Å²) in [7, 11) is 0. The maximum atomic E-state index is 4.42. The molecule has 3 aromatic carbocycles. The van der Waals surface area contributed by atoms with Gasteiger partial charge in [-0.15, -0.1) is 0 Å². The van der Waals surface area contributed by atoms with Crippen LogP contribution in [0.15, 0.2) is 103 Å². The van der Waals surface area contributed by atoms with E-state index in [1.54, 1.807) is 37.3 Å². The highest BCUT2D eigenvalue weighted by Gasteiger charge is 2.08. The number of benzene rings is 3. The molecule has 0 amide bonds. The Morgan fingerprint density at radius 2 is 0.519 bits per heavy atom. The minimum Gasteiger partial charge on any atom is -0.305 e. The highest BCUT2D eigenvalue weighted by atomic mass is 15.4. The van der Waals surface area contributed by atoms with Crippen LogP contribution < -0.4 is 32.6 Å². The lowest BCUT2D eigenvalue weighted by Gasteiger charge is -2.16. The molecular formula is C39H51N15. The van der Waals surface area contributed by atoms with Crippen molar-refractivity contribution in [1.82, 2.24) is 31.2 Å². The average Bonchev–Trinajstić information content (AvgIpc) is 3.09. The first kappa shape index (κ1) is 40.3. The van der Waals surface area contributed by atoms with Gasteiger partial charge in [0, 0.05) is 16.6 Å². The number of aromatic nitrogens is 3. The summed E-state index contributed by atoms with van der Waals surface area (Å²) in [6, 6.07) is 23.3. The third kappa shape index (κ3) is 16.2. The van der Waals surface area contributed by atoms with Gasteiger partial charge in [-0.1, -0.05) is 72.8 Å². The van der Waals surface area contributed by atoms with Gasteiger partial charge >= 0.3 is 0 Å². The fraction of sp³-hybridized carbons (Fsp3) is 0.308. The first-order valence-corrected chi connectivity index (χ1v) is 17.4. The molecule has 282 valence electrons. The Hall–Kier alpha value is -6.51. The molecule has 0 radical (unpaired) electrons. The molecule has 54 heavy (non-hydrogen) atoms. The second kappa shape index (κ2) is 18.8. The lowest BCUT2D eigenvalue weighted by Crippen LogP contribution is -2.31. The predicted molar refractivity (Wildman–Crippen MR) is 224 cm³/mol. The Bertz CT molecular complexity index is 1700. The van der Waals surface area contributed by atoms with Crippen LogP contribution >= 0.6 is 0 Å². The van der Waals surface area contributed by atoms with Crippen molar-refractivity contribution in [1.29, 1.82) is 0 Å². The molecule has 0 spiro atoms. The topological polar surface area (TPSA) is 185 Å². The van der Waals surface area contributed by atoms with E-state index in [0.717, 1.165) is 33.4 Å². The molecule has 1 heterocycles.